The van der Waals surface area contributed by atoms with Crippen molar-refractivity contribution in [1.82, 2.24) is 4.98 Å². The fraction of sp³-hybridized carbons (Fsp3) is 0.267. The summed E-state index contributed by atoms with van der Waals surface area (Å²) >= 11 is 0. The lowest BCUT2D eigenvalue weighted by Gasteiger charge is -2.09. The van der Waals surface area contributed by atoms with E-state index in [-0.39, 0.29) is 0 Å². The van der Waals surface area contributed by atoms with E-state index in [2.05, 4.69) is 11.1 Å². The highest BCUT2D eigenvalue weighted by molar-refractivity contribution is 5.43. The number of hydrogen-bond acceptors (Lipinski definition) is 3. The largest absolute Gasteiger partial charge is 0.493 e. The van der Waals surface area contributed by atoms with Gasteiger partial charge in [-0.25, -0.2) is 0 Å². The van der Waals surface area contributed by atoms with Gasteiger partial charge in [0, 0.05) is 11.9 Å². The molecule has 1 heterocycles. The number of hydrogen-bond donors (Lipinski definition) is 0. The van der Waals surface area contributed by atoms with Crippen molar-refractivity contribution in [1.29, 1.82) is 0 Å². The maximum atomic E-state index is 5.29. The molecule has 1 aromatic carbocycles. The number of nitrogens with zero attached hydrogens (tertiary/aromatic N) is 1. The van der Waals surface area contributed by atoms with Crippen LogP contribution in [0.5, 0.6) is 11.5 Å². The third-order valence-corrected chi connectivity index (χ3v) is 2.84. The normalized spacial score (nSPS) is 10.1. The van der Waals surface area contributed by atoms with Gasteiger partial charge >= 0.3 is 0 Å². The van der Waals surface area contributed by atoms with Crippen LogP contribution < -0.4 is 9.47 Å². The summed E-state index contributed by atoms with van der Waals surface area (Å²) in [7, 11) is 3.30. The van der Waals surface area contributed by atoms with Crippen LogP contribution in [0.4, 0.5) is 0 Å². The molecule has 0 radical (unpaired) electrons. The van der Waals surface area contributed by atoms with E-state index in [4.69, 9.17) is 9.47 Å². The number of benzene rings is 1. The van der Waals surface area contributed by atoms with Crippen LogP contribution >= 0.6 is 0 Å². The van der Waals surface area contributed by atoms with Crippen molar-refractivity contribution in [3.05, 3.63) is 53.9 Å². The second-order valence-electron chi connectivity index (χ2n) is 4.01. The molecule has 0 N–H and O–H groups in total. The third-order valence-electron chi connectivity index (χ3n) is 2.84. The second-order valence-corrected chi connectivity index (χ2v) is 4.01. The number of aryl methyl sites for hydroxylation is 2. The Kier molecular flexibility index (Phi) is 4.18. The predicted molar refractivity (Wildman–Crippen MR) is 71.2 cm³/mol. The van der Waals surface area contributed by atoms with Crippen LogP contribution in [0.15, 0.2) is 42.6 Å². The molecule has 0 aliphatic heterocycles. The number of methoxy groups -OCH3 is 2. The zero-order valence-corrected chi connectivity index (χ0v) is 10.7. The molecule has 0 saturated heterocycles. The summed E-state index contributed by atoms with van der Waals surface area (Å²) in [4.78, 5) is 4.31. The standard InChI is InChI=1S/C15H17NO2/c1-17-14-9-7-12(11-15(14)18-2)6-8-13-5-3-4-10-16-13/h3-5,7,9-11H,6,8H2,1-2H3. The highest BCUT2D eigenvalue weighted by Crippen LogP contribution is 2.27. The van der Waals surface area contributed by atoms with E-state index in [0.717, 1.165) is 30.0 Å². The van der Waals surface area contributed by atoms with Gasteiger partial charge in [-0.15, -0.1) is 0 Å². The van der Waals surface area contributed by atoms with E-state index in [9.17, 15) is 0 Å². The van der Waals surface area contributed by atoms with Crippen LogP contribution in [0.2, 0.25) is 0 Å². The minimum absolute atomic E-state index is 0.763. The maximum Gasteiger partial charge on any atom is 0.160 e. The zero-order valence-electron chi connectivity index (χ0n) is 10.7. The summed E-state index contributed by atoms with van der Waals surface area (Å²) in [6.45, 7) is 0. The maximum absolute atomic E-state index is 5.29. The fourth-order valence-electron chi connectivity index (χ4n) is 1.85. The van der Waals surface area contributed by atoms with Gasteiger partial charge in [0.05, 0.1) is 14.2 Å². The van der Waals surface area contributed by atoms with Crippen LogP contribution in [0.1, 0.15) is 11.3 Å². The first kappa shape index (κ1) is 12.4. The fourth-order valence-corrected chi connectivity index (χ4v) is 1.85. The van der Waals surface area contributed by atoms with Gasteiger partial charge in [-0.05, 0) is 42.7 Å². The summed E-state index contributed by atoms with van der Waals surface area (Å²) in [5, 5.41) is 0. The monoisotopic (exact) mass is 243 g/mol. The molecule has 0 saturated carbocycles. The lowest BCUT2D eigenvalue weighted by Crippen LogP contribution is -1.96. The smallest absolute Gasteiger partial charge is 0.160 e. The van der Waals surface area contributed by atoms with E-state index < -0.39 is 0 Å². The van der Waals surface area contributed by atoms with Gasteiger partial charge in [-0.3, -0.25) is 4.98 Å². The van der Waals surface area contributed by atoms with E-state index in [1.54, 1.807) is 14.2 Å². The molecule has 1 aromatic heterocycles. The van der Waals surface area contributed by atoms with E-state index in [1.807, 2.05) is 36.5 Å². The molecule has 0 aliphatic rings. The van der Waals surface area contributed by atoms with Crippen LogP contribution in [0.25, 0.3) is 0 Å². The molecule has 0 fully saturated rings. The summed E-state index contributed by atoms with van der Waals surface area (Å²) in [5.74, 6) is 1.54. The Bertz CT molecular complexity index is 497. The molecule has 2 rings (SSSR count). The quantitative estimate of drug-likeness (QED) is 0.809. The summed E-state index contributed by atoms with van der Waals surface area (Å²) in [6, 6.07) is 12.0. The van der Waals surface area contributed by atoms with Crippen LogP contribution in [-0.2, 0) is 12.8 Å². The molecule has 0 spiro atoms. The van der Waals surface area contributed by atoms with Gasteiger partial charge in [0.15, 0.2) is 11.5 Å². The van der Waals surface area contributed by atoms with Gasteiger partial charge < -0.3 is 9.47 Å². The van der Waals surface area contributed by atoms with Gasteiger partial charge in [0.1, 0.15) is 0 Å². The van der Waals surface area contributed by atoms with Crippen molar-refractivity contribution in [3.8, 4) is 11.5 Å². The molecule has 0 amide bonds. The minimum atomic E-state index is 0.763. The predicted octanol–water partition coefficient (Wildman–Crippen LogP) is 2.88. The Morgan fingerprint density at radius 1 is 0.944 bits per heavy atom. The lowest BCUT2D eigenvalue weighted by molar-refractivity contribution is 0.354. The number of ether oxygens (including phenoxy) is 2. The third kappa shape index (κ3) is 3.00. The first-order chi connectivity index (χ1) is 8.83. The van der Waals surface area contributed by atoms with Gasteiger partial charge in [-0.2, -0.15) is 0 Å². The Balaban J connectivity index is 2.06. The molecule has 0 bridgehead atoms. The first-order valence-corrected chi connectivity index (χ1v) is 5.94. The van der Waals surface area contributed by atoms with Crippen molar-refractivity contribution in [2.24, 2.45) is 0 Å². The van der Waals surface area contributed by atoms with E-state index in [1.165, 1.54) is 5.56 Å². The molecule has 2 aromatic rings. The van der Waals surface area contributed by atoms with Crippen molar-refractivity contribution < 1.29 is 9.47 Å². The highest BCUT2D eigenvalue weighted by atomic mass is 16.5. The van der Waals surface area contributed by atoms with Crippen molar-refractivity contribution in [2.75, 3.05) is 14.2 Å². The van der Waals surface area contributed by atoms with E-state index >= 15 is 0 Å². The molecule has 0 atom stereocenters. The van der Waals surface area contributed by atoms with Gasteiger partial charge in [0.25, 0.3) is 0 Å². The number of rotatable bonds is 5. The van der Waals surface area contributed by atoms with Crippen molar-refractivity contribution >= 4 is 0 Å². The molecular weight excluding hydrogens is 226 g/mol. The first-order valence-electron chi connectivity index (χ1n) is 5.94. The second kappa shape index (κ2) is 6.05. The Morgan fingerprint density at radius 2 is 1.78 bits per heavy atom. The van der Waals surface area contributed by atoms with Crippen LogP contribution in [-0.4, -0.2) is 19.2 Å². The summed E-state index contributed by atoms with van der Waals surface area (Å²) < 4.78 is 10.5. The minimum Gasteiger partial charge on any atom is -0.493 e. The molecule has 3 nitrogen and oxygen atoms in total. The van der Waals surface area contributed by atoms with Crippen LogP contribution in [0.3, 0.4) is 0 Å². The summed E-state index contributed by atoms with van der Waals surface area (Å²) in [6.07, 6.45) is 3.69. The van der Waals surface area contributed by atoms with Crippen molar-refractivity contribution in [3.63, 3.8) is 0 Å². The van der Waals surface area contributed by atoms with Gasteiger partial charge in [-0.1, -0.05) is 12.1 Å². The SMILES string of the molecule is COc1ccc(CCc2ccccn2)cc1OC. The molecule has 94 valence electrons. The number of pyridine rings is 1. The molecule has 0 aliphatic carbocycles. The molecule has 18 heavy (non-hydrogen) atoms. The topological polar surface area (TPSA) is 31.4 Å². The molecule has 0 unspecified atom stereocenters. The average Bonchev–Trinajstić information content (AvgIpc) is 2.45. The Labute approximate surface area is 107 Å². The lowest BCUT2D eigenvalue weighted by atomic mass is 10.1. The van der Waals surface area contributed by atoms with E-state index in [0.29, 0.717) is 0 Å². The zero-order chi connectivity index (χ0) is 12.8. The Hall–Kier alpha value is -2.03. The van der Waals surface area contributed by atoms with Crippen molar-refractivity contribution in [2.45, 2.75) is 12.8 Å². The summed E-state index contributed by atoms with van der Waals surface area (Å²) in [5.41, 5.74) is 2.32. The van der Waals surface area contributed by atoms with Gasteiger partial charge in [0.2, 0.25) is 0 Å². The van der Waals surface area contributed by atoms with Crippen LogP contribution in [0, 0.1) is 0 Å². The average molecular weight is 243 g/mol. The number of aromatic nitrogens is 1. The molecule has 3 heteroatoms. The Morgan fingerprint density at radius 3 is 2.44 bits per heavy atom. The molecular formula is C15H17NO2. The highest BCUT2D eigenvalue weighted by Gasteiger charge is 2.04.